The molecule has 2 amide bonds. The number of imide groups is 1. The first-order valence-corrected chi connectivity index (χ1v) is 14.9. The average molecular weight is 583 g/mol. The molecule has 6 heteroatoms. The maximum Gasteiger partial charge on any atom is 0.322 e. The SMILES string of the molecule is CC(C)(C)c1ccc(C(C)(C)C)c(N2C(=O)c3ccc4c5cccc6c(NCC(=O)O)ccc(c7ccc(c3c47)C2=O)c65)c1. The molecule has 0 saturated carbocycles. The number of fused-ring (bicyclic) bond motifs is 2. The summed E-state index contributed by atoms with van der Waals surface area (Å²) in [6.45, 7) is 12.5. The predicted octanol–water partition coefficient (Wildman–Crippen LogP) is 8.63. The summed E-state index contributed by atoms with van der Waals surface area (Å²) in [4.78, 5) is 41.5. The molecule has 6 nitrogen and oxygen atoms in total. The minimum Gasteiger partial charge on any atom is -0.480 e. The van der Waals surface area contributed by atoms with Crippen LogP contribution in [0.2, 0.25) is 0 Å². The van der Waals surface area contributed by atoms with Gasteiger partial charge in [-0.15, -0.1) is 0 Å². The number of carbonyl (C=O) groups is 3. The Morgan fingerprint density at radius 2 is 1.25 bits per heavy atom. The molecular formula is C38H34N2O4. The van der Waals surface area contributed by atoms with Gasteiger partial charge in [0, 0.05) is 27.6 Å². The second-order valence-corrected chi connectivity index (χ2v) is 13.9. The monoisotopic (exact) mass is 582 g/mol. The van der Waals surface area contributed by atoms with Gasteiger partial charge in [-0.05, 0) is 78.5 Å². The van der Waals surface area contributed by atoms with Crippen molar-refractivity contribution in [3.05, 3.63) is 95.1 Å². The van der Waals surface area contributed by atoms with Gasteiger partial charge < -0.3 is 10.4 Å². The van der Waals surface area contributed by atoms with Gasteiger partial charge in [-0.1, -0.05) is 90.1 Å². The minimum absolute atomic E-state index is 0.163. The van der Waals surface area contributed by atoms with Crippen LogP contribution < -0.4 is 10.2 Å². The lowest BCUT2D eigenvalue weighted by molar-refractivity contribution is -0.134. The zero-order chi connectivity index (χ0) is 31.3. The van der Waals surface area contributed by atoms with E-state index in [4.69, 9.17) is 0 Å². The Kier molecular flexibility index (Phi) is 5.86. The minimum atomic E-state index is -0.932. The fourth-order valence-electron chi connectivity index (χ4n) is 6.85. The Morgan fingerprint density at radius 1 is 0.682 bits per heavy atom. The van der Waals surface area contributed by atoms with Gasteiger partial charge in [0.25, 0.3) is 11.8 Å². The highest BCUT2D eigenvalue weighted by Crippen LogP contribution is 2.46. The van der Waals surface area contributed by atoms with E-state index in [9.17, 15) is 19.5 Å². The molecule has 0 aromatic heterocycles. The van der Waals surface area contributed by atoms with Crippen molar-refractivity contribution in [2.75, 3.05) is 16.8 Å². The molecule has 0 bridgehead atoms. The second kappa shape index (κ2) is 9.26. The number of carbonyl (C=O) groups excluding carboxylic acids is 2. The van der Waals surface area contributed by atoms with Gasteiger partial charge in [-0.25, -0.2) is 4.90 Å². The summed E-state index contributed by atoms with van der Waals surface area (Å²) in [6, 6.07) is 23.8. The van der Waals surface area contributed by atoms with Crippen molar-refractivity contribution in [1.29, 1.82) is 0 Å². The van der Waals surface area contributed by atoms with E-state index in [-0.39, 0.29) is 29.2 Å². The van der Waals surface area contributed by atoms with Crippen molar-refractivity contribution in [2.45, 2.75) is 52.4 Å². The Morgan fingerprint density at radius 3 is 1.84 bits per heavy atom. The van der Waals surface area contributed by atoms with Crippen molar-refractivity contribution >= 4 is 72.2 Å². The van der Waals surface area contributed by atoms with Gasteiger partial charge in [-0.3, -0.25) is 14.4 Å². The fourth-order valence-corrected chi connectivity index (χ4v) is 6.85. The number of carboxylic acids is 1. The third kappa shape index (κ3) is 3.97. The van der Waals surface area contributed by atoms with Crippen molar-refractivity contribution in [3.8, 4) is 0 Å². The molecule has 1 heterocycles. The first-order chi connectivity index (χ1) is 20.8. The number of carboxylic acid groups (broad SMARTS) is 1. The number of benzene rings is 6. The molecule has 0 unspecified atom stereocenters. The lowest BCUT2D eigenvalue weighted by atomic mass is 9.80. The van der Waals surface area contributed by atoms with E-state index in [0.29, 0.717) is 22.2 Å². The summed E-state index contributed by atoms with van der Waals surface area (Å²) in [5.41, 5.74) is 3.94. The molecule has 0 atom stereocenters. The van der Waals surface area contributed by atoms with Crippen LogP contribution in [0.25, 0.3) is 43.1 Å². The molecule has 0 aliphatic carbocycles. The summed E-state index contributed by atoms with van der Waals surface area (Å²) in [6.07, 6.45) is 0. The Bertz CT molecular complexity index is 2150. The highest BCUT2D eigenvalue weighted by molar-refractivity contribution is 6.42. The van der Waals surface area contributed by atoms with Crippen molar-refractivity contribution in [2.24, 2.45) is 0 Å². The number of aliphatic carboxylic acids is 1. The smallest absolute Gasteiger partial charge is 0.322 e. The molecule has 1 aliphatic rings. The largest absolute Gasteiger partial charge is 0.480 e. The van der Waals surface area contributed by atoms with Gasteiger partial charge in [0.05, 0.1) is 5.69 Å². The Labute approximate surface area is 255 Å². The Hall–Kier alpha value is -4.97. The zero-order valence-corrected chi connectivity index (χ0v) is 25.8. The summed E-state index contributed by atoms with van der Waals surface area (Å²) in [5.74, 6) is -1.57. The fraction of sp³-hybridized carbons (Fsp3) is 0.237. The van der Waals surface area contributed by atoms with Crippen LogP contribution in [0.3, 0.4) is 0 Å². The zero-order valence-electron chi connectivity index (χ0n) is 25.8. The van der Waals surface area contributed by atoms with Gasteiger partial charge >= 0.3 is 5.97 Å². The van der Waals surface area contributed by atoms with Crippen molar-refractivity contribution in [3.63, 3.8) is 0 Å². The normalized spacial score (nSPS) is 14.0. The van der Waals surface area contributed by atoms with Crippen molar-refractivity contribution in [1.82, 2.24) is 0 Å². The first kappa shape index (κ1) is 27.8. The molecule has 6 aromatic rings. The van der Waals surface area contributed by atoms with Crippen LogP contribution in [0.1, 0.15) is 73.4 Å². The average Bonchev–Trinajstić information content (AvgIpc) is 2.97. The molecule has 0 spiro atoms. The number of hydrogen-bond acceptors (Lipinski definition) is 4. The van der Waals surface area contributed by atoms with Crippen LogP contribution in [0.5, 0.6) is 0 Å². The lowest BCUT2D eigenvalue weighted by Crippen LogP contribution is -2.42. The molecule has 1 aliphatic heterocycles. The van der Waals surface area contributed by atoms with E-state index in [1.54, 1.807) is 0 Å². The summed E-state index contributed by atoms with van der Waals surface area (Å²) >= 11 is 0. The van der Waals surface area contributed by atoms with E-state index >= 15 is 0 Å². The third-order valence-electron chi connectivity index (χ3n) is 8.99. The van der Waals surface area contributed by atoms with Crippen LogP contribution in [0.15, 0.2) is 72.8 Å². The molecule has 0 radical (unpaired) electrons. The summed E-state index contributed by atoms with van der Waals surface area (Å²) < 4.78 is 0. The topological polar surface area (TPSA) is 86.7 Å². The molecule has 220 valence electrons. The molecule has 6 aromatic carbocycles. The number of nitrogens with one attached hydrogen (secondary N) is 1. The number of rotatable bonds is 4. The first-order valence-electron chi connectivity index (χ1n) is 14.9. The number of hydrogen-bond donors (Lipinski definition) is 2. The number of nitrogens with zero attached hydrogens (tertiary/aromatic N) is 1. The second-order valence-electron chi connectivity index (χ2n) is 13.9. The summed E-state index contributed by atoms with van der Waals surface area (Å²) in [7, 11) is 0. The van der Waals surface area contributed by atoms with E-state index in [0.717, 1.165) is 54.5 Å². The van der Waals surface area contributed by atoms with E-state index < -0.39 is 5.97 Å². The third-order valence-corrected chi connectivity index (χ3v) is 8.99. The van der Waals surface area contributed by atoms with E-state index in [2.05, 4.69) is 59.0 Å². The number of anilines is 2. The standard InChI is InChI=1S/C38H34N2O4/c1-37(2,3)20-10-16-28(38(4,5)6)30(18-20)40-35(43)26-13-11-23-21-8-7-9-25-29(39-19-31(41)42)17-15-22(32(21)25)24-12-14-27(36(40)44)34(26)33(23)24/h7-18,39H,19H2,1-6H3,(H,41,42). The molecule has 7 rings (SSSR count). The lowest BCUT2D eigenvalue weighted by Gasteiger charge is -2.34. The van der Waals surface area contributed by atoms with E-state index in [1.807, 2.05) is 60.7 Å². The van der Waals surface area contributed by atoms with Gasteiger partial charge in [0.2, 0.25) is 0 Å². The molecular weight excluding hydrogens is 548 g/mol. The molecule has 44 heavy (non-hydrogen) atoms. The van der Waals surface area contributed by atoms with Crippen LogP contribution in [0.4, 0.5) is 11.4 Å². The van der Waals surface area contributed by atoms with Gasteiger partial charge in [0.15, 0.2) is 0 Å². The van der Waals surface area contributed by atoms with Gasteiger partial charge in [-0.2, -0.15) is 0 Å². The van der Waals surface area contributed by atoms with Gasteiger partial charge in [0.1, 0.15) is 6.54 Å². The van der Waals surface area contributed by atoms with Crippen LogP contribution in [0, 0.1) is 0 Å². The molecule has 2 N–H and O–H groups in total. The summed E-state index contributed by atoms with van der Waals surface area (Å²) in [5, 5.41) is 19.7. The highest BCUT2D eigenvalue weighted by atomic mass is 16.4. The van der Waals surface area contributed by atoms with E-state index in [1.165, 1.54) is 4.90 Å². The van der Waals surface area contributed by atoms with Crippen LogP contribution >= 0.6 is 0 Å². The maximum atomic E-state index is 14.4. The quantitative estimate of drug-likeness (QED) is 0.123. The molecule has 0 fully saturated rings. The highest BCUT2D eigenvalue weighted by Gasteiger charge is 2.38. The van der Waals surface area contributed by atoms with Crippen molar-refractivity contribution < 1.29 is 19.5 Å². The predicted molar refractivity (Wildman–Crippen MR) is 179 cm³/mol. The number of amides is 2. The van der Waals surface area contributed by atoms with Crippen LogP contribution in [-0.4, -0.2) is 29.4 Å². The maximum absolute atomic E-state index is 14.4. The van der Waals surface area contributed by atoms with Crippen LogP contribution in [-0.2, 0) is 15.6 Å². The Balaban J connectivity index is 1.50. The molecule has 0 saturated heterocycles.